The van der Waals surface area contributed by atoms with Gasteiger partial charge in [0.2, 0.25) is 0 Å². The molecule has 0 bridgehead atoms. The topological polar surface area (TPSA) is 61.5 Å². The van der Waals surface area contributed by atoms with Gasteiger partial charge in [0.25, 0.3) is 0 Å². The third-order valence-corrected chi connectivity index (χ3v) is 1.96. The molecule has 0 aliphatic carbocycles. The standard InChI is InChI=1S/C10H13NO3/c1-13-9-5-3-4-7(8(9)6-11)10(12)14-2/h3-5H,6,11H2,1-2H3. The summed E-state index contributed by atoms with van der Waals surface area (Å²) in [6.07, 6.45) is 0. The second-order valence-corrected chi connectivity index (χ2v) is 2.68. The molecular formula is C10H13NO3. The monoisotopic (exact) mass is 195 g/mol. The first-order chi connectivity index (χ1) is 6.74. The van der Waals surface area contributed by atoms with E-state index in [2.05, 4.69) is 4.74 Å². The number of benzene rings is 1. The van der Waals surface area contributed by atoms with Crippen LogP contribution in [0.25, 0.3) is 0 Å². The molecule has 1 rings (SSSR count). The molecule has 1 aromatic carbocycles. The van der Waals surface area contributed by atoms with Gasteiger partial charge in [0.1, 0.15) is 5.75 Å². The first-order valence-corrected chi connectivity index (χ1v) is 4.18. The third kappa shape index (κ3) is 1.85. The van der Waals surface area contributed by atoms with E-state index in [1.54, 1.807) is 18.2 Å². The van der Waals surface area contributed by atoms with E-state index in [1.165, 1.54) is 14.2 Å². The molecule has 0 aromatic heterocycles. The normalized spacial score (nSPS) is 9.64. The van der Waals surface area contributed by atoms with E-state index in [1.807, 2.05) is 0 Å². The van der Waals surface area contributed by atoms with E-state index in [9.17, 15) is 4.79 Å². The molecule has 0 unspecified atom stereocenters. The summed E-state index contributed by atoms with van der Waals surface area (Å²) in [7, 11) is 2.87. The fourth-order valence-electron chi connectivity index (χ4n) is 1.27. The molecule has 0 amide bonds. The van der Waals surface area contributed by atoms with Gasteiger partial charge in [-0.1, -0.05) is 6.07 Å². The SMILES string of the molecule is COC(=O)c1cccc(OC)c1CN. The van der Waals surface area contributed by atoms with Gasteiger partial charge in [-0.25, -0.2) is 4.79 Å². The Morgan fingerprint density at radius 3 is 2.64 bits per heavy atom. The highest BCUT2D eigenvalue weighted by Crippen LogP contribution is 2.21. The lowest BCUT2D eigenvalue weighted by atomic mass is 10.1. The highest BCUT2D eigenvalue weighted by Gasteiger charge is 2.13. The van der Waals surface area contributed by atoms with E-state index < -0.39 is 5.97 Å². The average molecular weight is 195 g/mol. The number of carbonyl (C=O) groups excluding carboxylic acids is 1. The second-order valence-electron chi connectivity index (χ2n) is 2.68. The fraction of sp³-hybridized carbons (Fsp3) is 0.300. The summed E-state index contributed by atoms with van der Waals surface area (Å²) in [5.74, 6) is 0.208. The van der Waals surface area contributed by atoms with Crippen molar-refractivity contribution in [2.45, 2.75) is 6.54 Å². The highest BCUT2D eigenvalue weighted by atomic mass is 16.5. The largest absolute Gasteiger partial charge is 0.496 e. The molecule has 1 aromatic rings. The number of hydrogen-bond donors (Lipinski definition) is 1. The van der Waals surface area contributed by atoms with Crippen LogP contribution in [0.4, 0.5) is 0 Å². The molecule has 0 heterocycles. The Labute approximate surface area is 82.6 Å². The van der Waals surface area contributed by atoms with E-state index >= 15 is 0 Å². The van der Waals surface area contributed by atoms with E-state index in [0.29, 0.717) is 16.9 Å². The van der Waals surface area contributed by atoms with Crippen molar-refractivity contribution < 1.29 is 14.3 Å². The minimum absolute atomic E-state index is 0.244. The van der Waals surface area contributed by atoms with Crippen molar-refractivity contribution in [3.05, 3.63) is 29.3 Å². The van der Waals surface area contributed by atoms with Gasteiger partial charge in [0, 0.05) is 12.1 Å². The number of hydrogen-bond acceptors (Lipinski definition) is 4. The van der Waals surface area contributed by atoms with Crippen LogP contribution in [0, 0.1) is 0 Å². The minimum atomic E-state index is -0.399. The van der Waals surface area contributed by atoms with Crippen LogP contribution in [0.15, 0.2) is 18.2 Å². The van der Waals surface area contributed by atoms with Crippen LogP contribution in [0.1, 0.15) is 15.9 Å². The quantitative estimate of drug-likeness (QED) is 0.729. The molecule has 0 aliphatic heterocycles. The van der Waals surface area contributed by atoms with Crippen molar-refractivity contribution in [3.63, 3.8) is 0 Å². The van der Waals surface area contributed by atoms with Gasteiger partial charge in [0.15, 0.2) is 0 Å². The maximum atomic E-state index is 11.3. The predicted molar refractivity (Wildman–Crippen MR) is 52.2 cm³/mol. The molecule has 4 heteroatoms. The van der Waals surface area contributed by atoms with Gasteiger partial charge >= 0.3 is 5.97 Å². The first-order valence-electron chi connectivity index (χ1n) is 4.18. The number of esters is 1. The molecule has 0 radical (unpaired) electrons. The lowest BCUT2D eigenvalue weighted by molar-refractivity contribution is 0.0599. The van der Waals surface area contributed by atoms with Crippen LogP contribution in [0.5, 0.6) is 5.75 Å². The van der Waals surface area contributed by atoms with Crippen LogP contribution in [-0.4, -0.2) is 20.2 Å². The molecule has 4 nitrogen and oxygen atoms in total. The lowest BCUT2D eigenvalue weighted by Crippen LogP contribution is -2.10. The number of nitrogens with two attached hydrogens (primary N) is 1. The maximum absolute atomic E-state index is 11.3. The van der Waals surface area contributed by atoms with Gasteiger partial charge in [-0.2, -0.15) is 0 Å². The zero-order chi connectivity index (χ0) is 10.6. The van der Waals surface area contributed by atoms with Crippen molar-refractivity contribution in [3.8, 4) is 5.75 Å². The summed E-state index contributed by atoms with van der Waals surface area (Å²) in [5.41, 5.74) is 6.65. The Balaban J connectivity index is 3.21. The summed E-state index contributed by atoms with van der Waals surface area (Å²) < 4.78 is 9.71. The van der Waals surface area contributed by atoms with Crippen molar-refractivity contribution in [1.29, 1.82) is 0 Å². The smallest absolute Gasteiger partial charge is 0.338 e. The minimum Gasteiger partial charge on any atom is -0.496 e. The Hall–Kier alpha value is -1.55. The molecule has 0 spiro atoms. The van der Waals surface area contributed by atoms with Crippen LogP contribution in [0.2, 0.25) is 0 Å². The molecule has 0 fully saturated rings. The van der Waals surface area contributed by atoms with E-state index in [-0.39, 0.29) is 6.54 Å². The van der Waals surface area contributed by atoms with Crippen LogP contribution < -0.4 is 10.5 Å². The maximum Gasteiger partial charge on any atom is 0.338 e. The second kappa shape index (κ2) is 4.62. The number of rotatable bonds is 3. The van der Waals surface area contributed by atoms with Gasteiger partial charge in [-0.15, -0.1) is 0 Å². The Morgan fingerprint density at radius 1 is 1.43 bits per heavy atom. The van der Waals surface area contributed by atoms with Crippen LogP contribution in [0.3, 0.4) is 0 Å². The van der Waals surface area contributed by atoms with Crippen LogP contribution in [-0.2, 0) is 11.3 Å². The number of methoxy groups -OCH3 is 2. The molecule has 0 saturated heterocycles. The number of carbonyl (C=O) groups is 1. The summed E-state index contributed by atoms with van der Waals surface area (Å²) >= 11 is 0. The van der Waals surface area contributed by atoms with Crippen molar-refractivity contribution >= 4 is 5.97 Å². The fourth-order valence-corrected chi connectivity index (χ4v) is 1.27. The summed E-state index contributed by atoms with van der Waals surface area (Å²) in [5, 5.41) is 0. The summed E-state index contributed by atoms with van der Waals surface area (Å²) in [6.45, 7) is 0.244. The number of ether oxygens (including phenoxy) is 2. The van der Waals surface area contributed by atoms with E-state index in [4.69, 9.17) is 10.5 Å². The molecule has 76 valence electrons. The molecule has 2 N–H and O–H groups in total. The molecule has 0 saturated carbocycles. The van der Waals surface area contributed by atoms with Gasteiger partial charge in [-0.05, 0) is 12.1 Å². The molecule has 0 aliphatic rings. The average Bonchev–Trinajstić information content (AvgIpc) is 2.26. The summed E-state index contributed by atoms with van der Waals surface area (Å²) in [6, 6.07) is 5.15. The van der Waals surface area contributed by atoms with Crippen molar-refractivity contribution in [2.24, 2.45) is 5.73 Å². The highest BCUT2D eigenvalue weighted by molar-refractivity contribution is 5.91. The summed E-state index contributed by atoms with van der Waals surface area (Å²) in [4.78, 5) is 11.3. The Bertz CT molecular complexity index is 336. The first kappa shape index (κ1) is 10.5. The molecular weight excluding hydrogens is 182 g/mol. The van der Waals surface area contributed by atoms with Crippen molar-refractivity contribution in [2.75, 3.05) is 14.2 Å². The zero-order valence-electron chi connectivity index (χ0n) is 8.24. The predicted octanol–water partition coefficient (Wildman–Crippen LogP) is 0.940. The molecule has 0 atom stereocenters. The van der Waals surface area contributed by atoms with Crippen LogP contribution >= 0.6 is 0 Å². The van der Waals surface area contributed by atoms with Gasteiger partial charge in [-0.3, -0.25) is 0 Å². The van der Waals surface area contributed by atoms with Crippen molar-refractivity contribution in [1.82, 2.24) is 0 Å². The lowest BCUT2D eigenvalue weighted by Gasteiger charge is -2.10. The van der Waals surface area contributed by atoms with Gasteiger partial charge < -0.3 is 15.2 Å². The Morgan fingerprint density at radius 2 is 2.14 bits per heavy atom. The molecule has 14 heavy (non-hydrogen) atoms. The zero-order valence-corrected chi connectivity index (χ0v) is 8.24. The van der Waals surface area contributed by atoms with E-state index in [0.717, 1.165) is 0 Å². The Kier molecular flexibility index (Phi) is 3.48. The van der Waals surface area contributed by atoms with Gasteiger partial charge in [0.05, 0.1) is 19.8 Å². The third-order valence-electron chi connectivity index (χ3n) is 1.96.